The number of carboxylic acids is 1. The summed E-state index contributed by atoms with van der Waals surface area (Å²) in [4.78, 5) is 10.6. The molecule has 0 bridgehead atoms. The highest BCUT2D eigenvalue weighted by atomic mass is 16.5. The lowest BCUT2D eigenvalue weighted by Crippen LogP contribution is -2.03. The Bertz CT molecular complexity index is 452. The molecule has 1 N–H and O–H groups in total. The molecule has 0 fully saturated rings. The molecule has 0 heterocycles. The van der Waals surface area contributed by atoms with Crippen LogP contribution in [-0.4, -0.2) is 30.9 Å². The van der Waals surface area contributed by atoms with Gasteiger partial charge in [-0.3, -0.25) is 0 Å². The van der Waals surface area contributed by atoms with E-state index < -0.39 is 5.97 Å². The Morgan fingerprint density at radius 1 is 1.05 bits per heavy atom. The first-order chi connectivity index (χ1) is 9.62. The van der Waals surface area contributed by atoms with E-state index >= 15 is 0 Å². The Labute approximate surface area is 118 Å². The average molecular weight is 280 g/mol. The molecule has 0 unspecified atom stereocenters. The van der Waals surface area contributed by atoms with Gasteiger partial charge in [0.1, 0.15) is 0 Å². The van der Waals surface area contributed by atoms with Crippen LogP contribution in [0.5, 0.6) is 17.2 Å². The van der Waals surface area contributed by atoms with Gasteiger partial charge in [-0.1, -0.05) is 0 Å². The van der Waals surface area contributed by atoms with Crippen molar-refractivity contribution in [3.63, 3.8) is 0 Å². The quantitative estimate of drug-likeness (QED) is 0.742. The molecule has 0 aliphatic heterocycles. The molecule has 110 valence electrons. The van der Waals surface area contributed by atoms with Crippen LogP contribution < -0.4 is 14.2 Å². The maximum absolute atomic E-state index is 10.6. The van der Waals surface area contributed by atoms with Gasteiger partial charge in [0, 0.05) is 6.08 Å². The van der Waals surface area contributed by atoms with E-state index in [1.54, 1.807) is 12.1 Å². The van der Waals surface area contributed by atoms with Gasteiger partial charge in [-0.15, -0.1) is 0 Å². The van der Waals surface area contributed by atoms with Crippen LogP contribution in [-0.2, 0) is 4.79 Å². The monoisotopic (exact) mass is 280 g/mol. The topological polar surface area (TPSA) is 65.0 Å². The van der Waals surface area contributed by atoms with Gasteiger partial charge in [-0.2, -0.15) is 0 Å². The standard InChI is InChI=1S/C15H20O5/c1-4-18-12-9-11(7-8-14(16)17)10-13(19-5-2)15(12)20-6-3/h7-10H,4-6H2,1-3H3,(H,16,17)/b8-7+. The van der Waals surface area contributed by atoms with Crippen molar-refractivity contribution in [2.24, 2.45) is 0 Å². The number of hydrogen-bond acceptors (Lipinski definition) is 4. The number of ether oxygens (including phenoxy) is 3. The van der Waals surface area contributed by atoms with Crippen LogP contribution in [0.1, 0.15) is 26.3 Å². The Morgan fingerprint density at radius 3 is 1.95 bits per heavy atom. The van der Waals surface area contributed by atoms with Crippen LogP contribution in [0, 0.1) is 0 Å². The van der Waals surface area contributed by atoms with Crippen LogP contribution in [0.4, 0.5) is 0 Å². The second kappa shape index (κ2) is 8.09. The highest BCUT2D eigenvalue weighted by molar-refractivity contribution is 5.85. The summed E-state index contributed by atoms with van der Waals surface area (Å²) in [6.07, 6.45) is 2.56. The number of aliphatic carboxylic acids is 1. The minimum Gasteiger partial charge on any atom is -0.490 e. The molecule has 5 nitrogen and oxygen atoms in total. The predicted octanol–water partition coefficient (Wildman–Crippen LogP) is 2.98. The van der Waals surface area contributed by atoms with E-state index in [1.807, 2.05) is 20.8 Å². The van der Waals surface area contributed by atoms with Gasteiger partial charge >= 0.3 is 5.97 Å². The third kappa shape index (κ3) is 4.50. The van der Waals surface area contributed by atoms with Crippen LogP contribution >= 0.6 is 0 Å². The number of hydrogen-bond donors (Lipinski definition) is 1. The summed E-state index contributed by atoms with van der Waals surface area (Å²) in [6.45, 7) is 7.08. The van der Waals surface area contributed by atoms with Crippen LogP contribution in [0.3, 0.4) is 0 Å². The first-order valence-electron chi connectivity index (χ1n) is 6.59. The van der Waals surface area contributed by atoms with Crippen molar-refractivity contribution in [1.29, 1.82) is 0 Å². The Hall–Kier alpha value is -2.17. The molecule has 0 aromatic heterocycles. The van der Waals surface area contributed by atoms with Gasteiger partial charge < -0.3 is 19.3 Å². The zero-order valence-corrected chi connectivity index (χ0v) is 12.0. The summed E-state index contributed by atoms with van der Waals surface area (Å²) in [5.41, 5.74) is 0.683. The summed E-state index contributed by atoms with van der Waals surface area (Å²) in [7, 11) is 0. The van der Waals surface area contributed by atoms with E-state index in [0.29, 0.717) is 42.6 Å². The Morgan fingerprint density at radius 2 is 1.55 bits per heavy atom. The molecule has 1 rings (SSSR count). The number of carbonyl (C=O) groups is 1. The zero-order valence-electron chi connectivity index (χ0n) is 12.0. The molecule has 0 aliphatic carbocycles. The molecule has 0 spiro atoms. The lowest BCUT2D eigenvalue weighted by atomic mass is 10.1. The fourth-order valence-corrected chi connectivity index (χ4v) is 1.67. The van der Waals surface area contributed by atoms with Crippen LogP contribution in [0.2, 0.25) is 0 Å². The molecule has 0 aliphatic rings. The highest BCUT2D eigenvalue weighted by Crippen LogP contribution is 2.39. The minimum absolute atomic E-state index is 0.484. The van der Waals surface area contributed by atoms with Crippen molar-refractivity contribution in [1.82, 2.24) is 0 Å². The first-order valence-corrected chi connectivity index (χ1v) is 6.59. The van der Waals surface area contributed by atoms with Gasteiger partial charge in [0.2, 0.25) is 5.75 Å². The first kappa shape index (κ1) is 15.9. The molecule has 0 radical (unpaired) electrons. The van der Waals surface area contributed by atoms with Gasteiger partial charge in [0.25, 0.3) is 0 Å². The summed E-state index contributed by atoms with van der Waals surface area (Å²) >= 11 is 0. The van der Waals surface area contributed by atoms with Crippen molar-refractivity contribution in [2.45, 2.75) is 20.8 Å². The van der Waals surface area contributed by atoms with Gasteiger partial charge in [-0.05, 0) is 44.5 Å². The molecule has 1 aromatic rings. The molecule has 0 amide bonds. The molecule has 0 saturated carbocycles. The van der Waals surface area contributed by atoms with Gasteiger partial charge in [0.15, 0.2) is 11.5 Å². The third-order valence-electron chi connectivity index (χ3n) is 2.35. The molecule has 1 aromatic carbocycles. The smallest absolute Gasteiger partial charge is 0.328 e. The minimum atomic E-state index is -1.00. The van der Waals surface area contributed by atoms with Crippen molar-refractivity contribution in [2.75, 3.05) is 19.8 Å². The van der Waals surface area contributed by atoms with Crippen molar-refractivity contribution >= 4 is 12.0 Å². The lowest BCUT2D eigenvalue weighted by Gasteiger charge is -2.16. The molecule has 5 heteroatoms. The SMILES string of the molecule is CCOc1cc(/C=C/C(=O)O)cc(OCC)c1OCC. The van der Waals surface area contributed by atoms with Crippen molar-refractivity contribution < 1.29 is 24.1 Å². The number of carboxylic acid groups (broad SMARTS) is 1. The highest BCUT2D eigenvalue weighted by Gasteiger charge is 2.14. The number of benzene rings is 1. The Kier molecular flexibility index (Phi) is 6.43. The second-order valence-corrected chi connectivity index (χ2v) is 3.82. The molecular weight excluding hydrogens is 260 g/mol. The lowest BCUT2D eigenvalue weighted by molar-refractivity contribution is -0.131. The van der Waals surface area contributed by atoms with E-state index in [9.17, 15) is 4.79 Å². The van der Waals surface area contributed by atoms with E-state index in [0.717, 1.165) is 6.08 Å². The van der Waals surface area contributed by atoms with Crippen molar-refractivity contribution in [3.8, 4) is 17.2 Å². The molecule has 0 saturated heterocycles. The van der Waals surface area contributed by atoms with Crippen LogP contribution in [0.25, 0.3) is 6.08 Å². The van der Waals surface area contributed by atoms with E-state index in [2.05, 4.69) is 0 Å². The summed E-state index contributed by atoms with van der Waals surface area (Å²) in [5.74, 6) is 0.633. The normalized spacial score (nSPS) is 10.6. The Balaban J connectivity index is 3.24. The third-order valence-corrected chi connectivity index (χ3v) is 2.35. The summed E-state index contributed by atoms with van der Waals surface area (Å²) in [5, 5.41) is 8.68. The second-order valence-electron chi connectivity index (χ2n) is 3.82. The van der Waals surface area contributed by atoms with E-state index in [-0.39, 0.29) is 0 Å². The fourth-order valence-electron chi connectivity index (χ4n) is 1.67. The summed E-state index contributed by atoms with van der Waals surface area (Å²) < 4.78 is 16.6. The summed E-state index contributed by atoms with van der Waals surface area (Å²) in [6, 6.07) is 3.47. The average Bonchev–Trinajstić information content (AvgIpc) is 2.40. The zero-order chi connectivity index (χ0) is 15.0. The molecule has 0 atom stereocenters. The molecular formula is C15H20O5. The number of rotatable bonds is 8. The van der Waals surface area contributed by atoms with Crippen LogP contribution in [0.15, 0.2) is 18.2 Å². The predicted molar refractivity (Wildman–Crippen MR) is 76.6 cm³/mol. The molecule has 20 heavy (non-hydrogen) atoms. The maximum Gasteiger partial charge on any atom is 0.328 e. The van der Waals surface area contributed by atoms with Crippen molar-refractivity contribution in [3.05, 3.63) is 23.8 Å². The van der Waals surface area contributed by atoms with Gasteiger partial charge in [0.05, 0.1) is 19.8 Å². The largest absolute Gasteiger partial charge is 0.490 e. The van der Waals surface area contributed by atoms with E-state index in [4.69, 9.17) is 19.3 Å². The van der Waals surface area contributed by atoms with E-state index in [1.165, 1.54) is 6.08 Å². The fraction of sp³-hybridized carbons (Fsp3) is 0.400. The van der Waals surface area contributed by atoms with Gasteiger partial charge in [-0.25, -0.2) is 4.79 Å². The maximum atomic E-state index is 10.6.